The van der Waals surface area contributed by atoms with E-state index in [4.69, 9.17) is 0 Å². The number of nitrogens with zero attached hydrogens (tertiary/aromatic N) is 1. The zero-order valence-corrected chi connectivity index (χ0v) is 8.36. The molecule has 3 N–H and O–H groups in total. The van der Waals surface area contributed by atoms with E-state index in [0.717, 1.165) is 0 Å². The third-order valence-corrected chi connectivity index (χ3v) is 2.54. The first kappa shape index (κ1) is 10.5. The average molecular weight is 227 g/mol. The molecule has 2 atom stereocenters. The van der Waals surface area contributed by atoms with Crippen LogP contribution in [-0.4, -0.2) is 41.8 Å². The maximum Gasteiger partial charge on any atom is 0.320 e. The van der Waals surface area contributed by atoms with Crippen molar-refractivity contribution < 1.29 is 19.5 Å². The van der Waals surface area contributed by atoms with Crippen molar-refractivity contribution in [1.82, 2.24) is 20.9 Å². The predicted molar refractivity (Wildman–Crippen MR) is 48.7 cm³/mol. The number of urea groups is 2. The molecule has 0 aromatic rings. The van der Waals surface area contributed by atoms with Gasteiger partial charge in [-0.3, -0.25) is 0 Å². The van der Waals surface area contributed by atoms with Crippen molar-refractivity contribution in [2.75, 3.05) is 6.54 Å². The van der Waals surface area contributed by atoms with Gasteiger partial charge in [-0.25, -0.2) is 9.59 Å². The van der Waals surface area contributed by atoms with Crippen molar-refractivity contribution in [3.63, 3.8) is 0 Å². The Morgan fingerprint density at radius 2 is 2.06 bits per heavy atom. The van der Waals surface area contributed by atoms with E-state index in [0.29, 0.717) is 6.42 Å². The van der Waals surface area contributed by atoms with Crippen molar-refractivity contribution in [2.24, 2.45) is 0 Å². The maximum atomic E-state index is 11.4. The lowest BCUT2D eigenvalue weighted by Crippen LogP contribution is -2.44. The molecule has 0 aromatic heterocycles. The van der Waals surface area contributed by atoms with Gasteiger partial charge in [0.25, 0.3) is 0 Å². The highest BCUT2D eigenvalue weighted by Gasteiger charge is 2.44. The molecule has 0 spiro atoms. The van der Waals surface area contributed by atoms with Gasteiger partial charge in [0.2, 0.25) is 0 Å². The van der Waals surface area contributed by atoms with Crippen LogP contribution in [0.4, 0.5) is 9.59 Å². The molecule has 2 aliphatic heterocycles. The standard InChI is InChI=1S/C8H12N4O4/c13-4(14)2-1-3-12-6-5(10-8(12)16)9-7(15)11-6/h5-6H,1-3H2,(H,10,16)(H,13,14)(H2,9,11,15)/p-1/t5-,6+/m0/s1. The van der Waals surface area contributed by atoms with Crippen LogP contribution in [0, 0.1) is 0 Å². The van der Waals surface area contributed by atoms with Crippen LogP contribution in [0.1, 0.15) is 12.8 Å². The lowest BCUT2D eigenvalue weighted by atomic mass is 10.3. The maximum absolute atomic E-state index is 11.4. The molecule has 2 fully saturated rings. The van der Waals surface area contributed by atoms with Crippen molar-refractivity contribution in [3.05, 3.63) is 0 Å². The molecule has 8 heteroatoms. The lowest BCUT2D eigenvalue weighted by Gasteiger charge is -2.20. The van der Waals surface area contributed by atoms with Gasteiger partial charge in [-0.2, -0.15) is 0 Å². The van der Waals surface area contributed by atoms with E-state index >= 15 is 0 Å². The minimum Gasteiger partial charge on any atom is -0.550 e. The number of rotatable bonds is 4. The quantitative estimate of drug-likeness (QED) is 0.493. The van der Waals surface area contributed by atoms with Crippen molar-refractivity contribution in [3.8, 4) is 0 Å². The van der Waals surface area contributed by atoms with Gasteiger partial charge in [0.1, 0.15) is 12.3 Å². The molecule has 16 heavy (non-hydrogen) atoms. The first-order chi connectivity index (χ1) is 7.58. The second kappa shape index (κ2) is 3.87. The molecule has 0 aromatic carbocycles. The number of carbonyl (C=O) groups excluding carboxylic acids is 3. The predicted octanol–water partition coefficient (Wildman–Crippen LogP) is -2.49. The molecule has 8 nitrogen and oxygen atoms in total. The summed E-state index contributed by atoms with van der Waals surface area (Å²) in [4.78, 5) is 34.0. The second-order valence-electron chi connectivity index (χ2n) is 3.66. The molecule has 2 saturated heterocycles. The Bertz CT molecular complexity index is 345. The van der Waals surface area contributed by atoms with E-state index in [-0.39, 0.29) is 25.0 Å². The van der Waals surface area contributed by atoms with Crippen molar-refractivity contribution in [2.45, 2.75) is 25.2 Å². The van der Waals surface area contributed by atoms with E-state index in [1.54, 1.807) is 0 Å². The van der Waals surface area contributed by atoms with Crippen LogP contribution < -0.4 is 21.1 Å². The van der Waals surface area contributed by atoms with Gasteiger partial charge in [-0.05, 0) is 12.8 Å². The molecule has 0 bridgehead atoms. The first-order valence-corrected chi connectivity index (χ1v) is 4.92. The SMILES string of the molecule is O=C([O-])CCCN1C(=O)N[C@@H]2NC(=O)N[C@@H]21. The molecular weight excluding hydrogens is 216 g/mol. The summed E-state index contributed by atoms with van der Waals surface area (Å²) in [7, 11) is 0. The van der Waals surface area contributed by atoms with Gasteiger partial charge in [0.05, 0.1) is 0 Å². The topological polar surface area (TPSA) is 114 Å². The van der Waals surface area contributed by atoms with E-state index in [1.165, 1.54) is 4.90 Å². The molecule has 88 valence electrons. The fourth-order valence-corrected chi connectivity index (χ4v) is 1.83. The molecule has 4 amide bonds. The largest absolute Gasteiger partial charge is 0.550 e. The van der Waals surface area contributed by atoms with E-state index < -0.39 is 18.3 Å². The lowest BCUT2D eigenvalue weighted by molar-refractivity contribution is -0.305. The van der Waals surface area contributed by atoms with Crippen LogP contribution in [0.5, 0.6) is 0 Å². The number of nitrogens with one attached hydrogen (secondary N) is 3. The van der Waals surface area contributed by atoms with Gasteiger partial charge in [-0.1, -0.05) is 0 Å². The van der Waals surface area contributed by atoms with Gasteiger partial charge >= 0.3 is 12.1 Å². The highest BCUT2D eigenvalue weighted by atomic mass is 16.4. The van der Waals surface area contributed by atoms with Gasteiger partial charge < -0.3 is 30.8 Å². The van der Waals surface area contributed by atoms with Crippen LogP contribution in [0.3, 0.4) is 0 Å². The summed E-state index contributed by atoms with van der Waals surface area (Å²) in [6.07, 6.45) is -0.693. The third kappa shape index (κ3) is 1.86. The van der Waals surface area contributed by atoms with Gasteiger partial charge in [-0.15, -0.1) is 0 Å². The molecule has 0 unspecified atom stereocenters. The average Bonchev–Trinajstić information content (AvgIpc) is 2.64. The summed E-state index contributed by atoms with van der Waals surface area (Å²) in [6, 6.07) is -0.666. The van der Waals surface area contributed by atoms with Crippen LogP contribution >= 0.6 is 0 Å². The number of amides is 4. The molecule has 0 radical (unpaired) electrons. The zero-order chi connectivity index (χ0) is 11.7. The van der Waals surface area contributed by atoms with Crippen molar-refractivity contribution >= 4 is 18.0 Å². The van der Waals surface area contributed by atoms with Crippen molar-refractivity contribution in [1.29, 1.82) is 0 Å². The van der Waals surface area contributed by atoms with Crippen LogP contribution in [0.15, 0.2) is 0 Å². The fourth-order valence-electron chi connectivity index (χ4n) is 1.83. The Labute approximate surface area is 91.0 Å². The Balaban J connectivity index is 1.90. The minimum atomic E-state index is -1.15. The molecule has 2 heterocycles. The molecule has 0 saturated carbocycles. The van der Waals surface area contributed by atoms with Gasteiger partial charge in [0.15, 0.2) is 0 Å². The number of carboxylic acids is 1. The smallest absolute Gasteiger partial charge is 0.320 e. The fraction of sp³-hybridized carbons (Fsp3) is 0.625. The number of hydrogen-bond acceptors (Lipinski definition) is 4. The molecular formula is C8H11N4O4-. The molecule has 2 aliphatic rings. The number of aliphatic carboxylic acids is 1. The van der Waals surface area contributed by atoms with E-state index in [9.17, 15) is 19.5 Å². The Morgan fingerprint density at radius 3 is 2.75 bits per heavy atom. The van der Waals surface area contributed by atoms with Crippen LogP contribution in [-0.2, 0) is 4.79 Å². The third-order valence-electron chi connectivity index (χ3n) is 2.54. The second-order valence-corrected chi connectivity index (χ2v) is 3.66. The summed E-state index contributed by atoms with van der Waals surface area (Å²) in [5.74, 6) is -1.15. The normalized spacial score (nSPS) is 27.1. The number of carbonyl (C=O) groups is 3. The zero-order valence-electron chi connectivity index (χ0n) is 8.36. The van der Waals surface area contributed by atoms with Crippen LogP contribution in [0.25, 0.3) is 0 Å². The Kier molecular flexibility index (Phi) is 2.55. The minimum absolute atomic E-state index is 0.109. The number of fused-ring (bicyclic) bond motifs is 1. The highest BCUT2D eigenvalue weighted by molar-refractivity contribution is 5.84. The summed E-state index contributed by atoms with van der Waals surface area (Å²) < 4.78 is 0. The van der Waals surface area contributed by atoms with Gasteiger partial charge in [0, 0.05) is 12.5 Å². The van der Waals surface area contributed by atoms with E-state index in [1.807, 2.05) is 0 Å². The van der Waals surface area contributed by atoms with E-state index in [2.05, 4.69) is 16.0 Å². The number of carboxylic acid groups (broad SMARTS) is 1. The summed E-state index contributed by atoms with van der Waals surface area (Å²) >= 11 is 0. The summed E-state index contributed by atoms with van der Waals surface area (Å²) in [5, 5.41) is 17.9. The molecule has 0 aliphatic carbocycles. The summed E-state index contributed by atoms with van der Waals surface area (Å²) in [6.45, 7) is 0.267. The number of hydrogen-bond donors (Lipinski definition) is 3. The molecule has 2 rings (SSSR count). The Hall–Kier alpha value is -1.99. The highest BCUT2D eigenvalue weighted by Crippen LogP contribution is 2.14. The summed E-state index contributed by atoms with van der Waals surface area (Å²) in [5.41, 5.74) is 0. The first-order valence-electron chi connectivity index (χ1n) is 4.92. The Morgan fingerprint density at radius 1 is 1.31 bits per heavy atom. The van der Waals surface area contributed by atoms with Crippen LogP contribution in [0.2, 0.25) is 0 Å². The monoisotopic (exact) mass is 227 g/mol.